The molecule has 1 heterocycles. The van der Waals surface area contributed by atoms with E-state index in [-0.39, 0.29) is 9.13 Å². The van der Waals surface area contributed by atoms with Crippen molar-refractivity contribution in [2.75, 3.05) is 0 Å². The van der Waals surface area contributed by atoms with E-state index in [1.807, 2.05) is 0 Å². The van der Waals surface area contributed by atoms with E-state index in [0.29, 0.717) is 5.69 Å². The number of pyridine rings is 1. The number of aryl methyl sites for hydroxylation is 1. The molecule has 1 N–H and O–H groups in total. The molecule has 0 aliphatic heterocycles. The number of carboxylic acids is 1. The van der Waals surface area contributed by atoms with Crippen LogP contribution in [0.3, 0.4) is 0 Å². The first-order valence-electron chi connectivity index (χ1n) is 3.61. The van der Waals surface area contributed by atoms with E-state index >= 15 is 0 Å². The van der Waals surface area contributed by atoms with Gasteiger partial charge in [-0.1, -0.05) is 0 Å². The summed E-state index contributed by atoms with van der Waals surface area (Å²) in [4.78, 5) is 14.4. The van der Waals surface area contributed by atoms with Gasteiger partial charge in [-0.2, -0.15) is 0 Å². The lowest BCUT2D eigenvalue weighted by molar-refractivity contribution is 0.0682. The van der Waals surface area contributed by atoms with E-state index in [2.05, 4.69) is 4.98 Å². The van der Waals surface area contributed by atoms with E-state index in [0.717, 1.165) is 6.20 Å². The fraction of sp³-hybridized carbons (Fsp3) is 0.250. The van der Waals surface area contributed by atoms with Crippen molar-refractivity contribution < 1.29 is 18.7 Å². The standard InChI is InChI=1S/C8H6F2INO2/c1-3-6(11)5(8(13)14)4(2-12-3)7(9)10/h2,7H,1H3,(H,13,14). The number of aromatic nitrogens is 1. The van der Waals surface area contributed by atoms with Crippen molar-refractivity contribution in [1.29, 1.82) is 0 Å². The number of nitrogens with zero attached hydrogens (tertiary/aromatic N) is 1. The highest BCUT2D eigenvalue weighted by Gasteiger charge is 2.22. The minimum Gasteiger partial charge on any atom is -0.478 e. The fourth-order valence-electron chi connectivity index (χ4n) is 0.978. The lowest BCUT2D eigenvalue weighted by Crippen LogP contribution is -2.08. The van der Waals surface area contributed by atoms with Gasteiger partial charge >= 0.3 is 5.97 Å². The Morgan fingerprint density at radius 2 is 2.21 bits per heavy atom. The molecule has 0 spiro atoms. The number of alkyl halides is 2. The maximum Gasteiger partial charge on any atom is 0.337 e. The van der Waals surface area contributed by atoms with Crippen molar-refractivity contribution >= 4 is 28.6 Å². The molecule has 0 unspecified atom stereocenters. The molecule has 1 aromatic rings. The van der Waals surface area contributed by atoms with Gasteiger partial charge in [-0.3, -0.25) is 4.98 Å². The maximum atomic E-state index is 12.4. The van der Waals surface area contributed by atoms with Gasteiger partial charge in [0.2, 0.25) is 0 Å². The number of carbonyl (C=O) groups is 1. The van der Waals surface area contributed by atoms with Crippen LogP contribution in [0.5, 0.6) is 0 Å². The van der Waals surface area contributed by atoms with Crippen LogP contribution in [-0.4, -0.2) is 16.1 Å². The molecule has 0 aliphatic carbocycles. The van der Waals surface area contributed by atoms with Crippen LogP contribution in [0.4, 0.5) is 8.78 Å². The number of hydrogen-bond donors (Lipinski definition) is 1. The second-order valence-electron chi connectivity index (χ2n) is 2.59. The molecule has 0 amide bonds. The van der Waals surface area contributed by atoms with Crippen molar-refractivity contribution in [3.63, 3.8) is 0 Å². The molecule has 0 atom stereocenters. The van der Waals surface area contributed by atoms with Crippen molar-refractivity contribution in [2.45, 2.75) is 13.3 Å². The highest BCUT2D eigenvalue weighted by Crippen LogP contribution is 2.27. The molecule has 1 aromatic heterocycles. The van der Waals surface area contributed by atoms with Crippen LogP contribution < -0.4 is 0 Å². The normalized spacial score (nSPS) is 10.6. The van der Waals surface area contributed by atoms with Crippen molar-refractivity contribution in [1.82, 2.24) is 4.98 Å². The Labute approximate surface area is 92.3 Å². The third-order valence-electron chi connectivity index (χ3n) is 1.67. The molecule has 14 heavy (non-hydrogen) atoms. The Balaban J connectivity index is 3.45. The third-order valence-corrected chi connectivity index (χ3v) is 2.99. The van der Waals surface area contributed by atoms with E-state index in [9.17, 15) is 13.6 Å². The zero-order valence-corrected chi connectivity index (χ0v) is 9.25. The Morgan fingerprint density at radius 1 is 1.64 bits per heavy atom. The smallest absolute Gasteiger partial charge is 0.337 e. The summed E-state index contributed by atoms with van der Waals surface area (Å²) in [5, 5.41) is 8.75. The van der Waals surface area contributed by atoms with Gasteiger partial charge in [0.15, 0.2) is 0 Å². The van der Waals surface area contributed by atoms with Gasteiger partial charge in [0.05, 0.1) is 16.8 Å². The monoisotopic (exact) mass is 313 g/mol. The molecule has 6 heteroatoms. The molecule has 0 radical (unpaired) electrons. The molecular weight excluding hydrogens is 307 g/mol. The average Bonchev–Trinajstić information content (AvgIpc) is 2.08. The first-order valence-corrected chi connectivity index (χ1v) is 4.69. The minimum absolute atomic E-state index is 0.257. The summed E-state index contributed by atoms with van der Waals surface area (Å²) in [6, 6.07) is 0. The van der Waals surface area contributed by atoms with Crippen LogP contribution in [0, 0.1) is 10.5 Å². The van der Waals surface area contributed by atoms with E-state index in [1.165, 1.54) is 0 Å². The van der Waals surface area contributed by atoms with Crippen molar-refractivity contribution in [3.05, 3.63) is 26.6 Å². The first kappa shape index (κ1) is 11.3. The minimum atomic E-state index is -2.82. The topological polar surface area (TPSA) is 50.2 Å². The summed E-state index contributed by atoms with van der Waals surface area (Å²) in [5.41, 5.74) is -0.451. The summed E-state index contributed by atoms with van der Waals surface area (Å²) in [6.07, 6.45) is -1.91. The molecule has 76 valence electrons. The van der Waals surface area contributed by atoms with Gasteiger partial charge in [0.1, 0.15) is 0 Å². The SMILES string of the molecule is Cc1ncc(C(F)F)c(C(=O)O)c1I. The molecule has 0 saturated heterocycles. The predicted octanol–water partition coefficient (Wildman–Crippen LogP) is 2.63. The number of rotatable bonds is 2. The molecule has 0 saturated carbocycles. The number of halogens is 3. The van der Waals surface area contributed by atoms with E-state index < -0.39 is 18.0 Å². The Morgan fingerprint density at radius 3 is 2.64 bits per heavy atom. The molecular formula is C8H6F2INO2. The Bertz CT molecular complexity index is 382. The molecule has 0 aromatic carbocycles. The molecule has 0 bridgehead atoms. The molecule has 1 rings (SSSR count). The lowest BCUT2D eigenvalue weighted by Gasteiger charge is -2.08. The largest absolute Gasteiger partial charge is 0.478 e. The van der Waals surface area contributed by atoms with Gasteiger partial charge in [0, 0.05) is 9.77 Å². The van der Waals surface area contributed by atoms with Crippen LogP contribution in [0.2, 0.25) is 0 Å². The zero-order valence-electron chi connectivity index (χ0n) is 7.09. The molecule has 3 nitrogen and oxygen atoms in total. The van der Waals surface area contributed by atoms with Crippen LogP contribution in [0.25, 0.3) is 0 Å². The summed E-state index contributed by atoms with van der Waals surface area (Å²) in [7, 11) is 0. The first-order chi connectivity index (χ1) is 6.45. The van der Waals surface area contributed by atoms with Crippen molar-refractivity contribution in [2.24, 2.45) is 0 Å². The van der Waals surface area contributed by atoms with Crippen molar-refractivity contribution in [3.8, 4) is 0 Å². The number of hydrogen-bond acceptors (Lipinski definition) is 2. The predicted molar refractivity (Wildman–Crippen MR) is 53.6 cm³/mol. The average molecular weight is 313 g/mol. The van der Waals surface area contributed by atoms with Gasteiger partial charge in [-0.05, 0) is 29.5 Å². The lowest BCUT2D eigenvalue weighted by atomic mass is 10.1. The second-order valence-corrected chi connectivity index (χ2v) is 3.67. The zero-order chi connectivity index (χ0) is 10.9. The highest BCUT2D eigenvalue weighted by molar-refractivity contribution is 14.1. The van der Waals surface area contributed by atoms with Crippen LogP contribution in [-0.2, 0) is 0 Å². The Hall–Kier alpha value is -0.790. The number of aromatic carboxylic acids is 1. The summed E-state index contributed by atoms with van der Waals surface area (Å²) in [6.45, 7) is 1.57. The van der Waals surface area contributed by atoms with Gasteiger partial charge in [0.25, 0.3) is 6.43 Å². The second kappa shape index (κ2) is 4.16. The van der Waals surface area contributed by atoms with Crippen LogP contribution >= 0.6 is 22.6 Å². The quantitative estimate of drug-likeness (QED) is 0.854. The van der Waals surface area contributed by atoms with Crippen LogP contribution in [0.15, 0.2) is 6.20 Å². The van der Waals surface area contributed by atoms with Gasteiger partial charge in [-0.25, -0.2) is 13.6 Å². The van der Waals surface area contributed by atoms with E-state index in [4.69, 9.17) is 5.11 Å². The van der Waals surface area contributed by atoms with E-state index in [1.54, 1.807) is 29.5 Å². The summed E-state index contributed by atoms with van der Waals surface area (Å²) >= 11 is 1.70. The Kier molecular flexibility index (Phi) is 3.35. The molecule has 0 fully saturated rings. The summed E-state index contributed by atoms with van der Waals surface area (Å²) in [5.74, 6) is -1.35. The third kappa shape index (κ3) is 1.99. The van der Waals surface area contributed by atoms with Gasteiger partial charge < -0.3 is 5.11 Å². The summed E-state index contributed by atoms with van der Waals surface area (Å²) < 4.78 is 25.0. The maximum absolute atomic E-state index is 12.4. The highest BCUT2D eigenvalue weighted by atomic mass is 127. The number of carboxylic acid groups (broad SMARTS) is 1. The molecule has 0 aliphatic rings. The fourth-order valence-corrected chi connectivity index (χ4v) is 1.66. The van der Waals surface area contributed by atoms with Gasteiger partial charge in [-0.15, -0.1) is 0 Å². The van der Waals surface area contributed by atoms with Crippen LogP contribution in [0.1, 0.15) is 28.0 Å².